The Balaban J connectivity index is 1.66. The third-order valence-electron chi connectivity index (χ3n) is 3.94. The van der Waals surface area contributed by atoms with Gasteiger partial charge in [-0.15, -0.1) is 0 Å². The van der Waals surface area contributed by atoms with Gasteiger partial charge in [0, 0.05) is 6.54 Å². The van der Waals surface area contributed by atoms with Gasteiger partial charge >= 0.3 is 0 Å². The maximum Gasteiger partial charge on any atom is 0.251 e. The van der Waals surface area contributed by atoms with Crippen LogP contribution in [0.3, 0.4) is 0 Å². The highest BCUT2D eigenvalue weighted by Crippen LogP contribution is 2.23. The summed E-state index contributed by atoms with van der Waals surface area (Å²) in [5.41, 5.74) is 1.37. The van der Waals surface area contributed by atoms with Gasteiger partial charge in [0.1, 0.15) is 11.6 Å². The van der Waals surface area contributed by atoms with Crippen LogP contribution >= 0.6 is 0 Å². The lowest BCUT2D eigenvalue weighted by atomic mass is 10.2. The third kappa shape index (κ3) is 3.28. The third-order valence-corrected chi connectivity index (χ3v) is 3.94. The molecule has 0 spiro atoms. The number of amides is 2. The van der Waals surface area contributed by atoms with Gasteiger partial charge in [-0.05, 0) is 42.0 Å². The molecule has 0 aromatic heterocycles. The van der Waals surface area contributed by atoms with Crippen molar-refractivity contribution in [3.05, 3.63) is 59.9 Å². The van der Waals surface area contributed by atoms with Crippen molar-refractivity contribution in [3.8, 4) is 5.75 Å². The van der Waals surface area contributed by atoms with E-state index in [2.05, 4.69) is 5.32 Å². The molecule has 3 rings (SSSR count). The molecule has 1 heterocycles. The van der Waals surface area contributed by atoms with Crippen LogP contribution < -0.4 is 15.0 Å². The summed E-state index contributed by atoms with van der Waals surface area (Å²) in [6, 6.07) is 12.2. The minimum absolute atomic E-state index is 0.0896. The van der Waals surface area contributed by atoms with Gasteiger partial charge in [-0.2, -0.15) is 0 Å². The van der Waals surface area contributed by atoms with Crippen LogP contribution in [0.4, 0.5) is 10.1 Å². The minimum Gasteiger partial charge on any atom is -0.497 e. The van der Waals surface area contributed by atoms with Crippen molar-refractivity contribution in [1.82, 2.24) is 5.32 Å². The van der Waals surface area contributed by atoms with Crippen LogP contribution in [0.15, 0.2) is 48.5 Å². The molecular formula is C18H17FN2O3. The summed E-state index contributed by atoms with van der Waals surface area (Å²) in [7, 11) is 1.60. The predicted molar refractivity (Wildman–Crippen MR) is 87.1 cm³/mol. The molecule has 1 N–H and O–H groups in total. The lowest BCUT2D eigenvalue weighted by Gasteiger charge is -2.15. The number of rotatable bonds is 5. The molecule has 1 atom stereocenters. The summed E-state index contributed by atoms with van der Waals surface area (Å²) in [5, 5.41) is 3.10. The van der Waals surface area contributed by atoms with Crippen molar-refractivity contribution >= 4 is 17.5 Å². The zero-order chi connectivity index (χ0) is 17.1. The van der Waals surface area contributed by atoms with Crippen LogP contribution in [-0.2, 0) is 16.1 Å². The van der Waals surface area contributed by atoms with Gasteiger partial charge < -0.3 is 10.1 Å². The SMILES string of the molecule is COc1ccc(CN[C@@H]2CC(=O)N(c3ccc(F)cc3)C2=O)cc1. The molecule has 0 unspecified atom stereocenters. The highest BCUT2D eigenvalue weighted by Gasteiger charge is 2.39. The average Bonchev–Trinajstić information content (AvgIpc) is 2.88. The Kier molecular flexibility index (Phi) is 4.57. The zero-order valence-corrected chi connectivity index (χ0v) is 13.2. The van der Waals surface area contributed by atoms with E-state index < -0.39 is 11.9 Å². The van der Waals surface area contributed by atoms with Crippen LogP contribution in [0, 0.1) is 5.82 Å². The summed E-state index contributed by atoms with van der Waals surface area (Å²) in [4.78, 5) is 25.7. The van der Waals surface area contributed by atoms with Gasteiger partial charge in [0.05, 0.1) is 25.3 Å². The minimum atomic E-state index is -0.579. The van der Waals surface area contributed by atoms with Gasteiger partial charge in [0.2, 0.25) is 5.91 Å². The Labute approximate surface area is 139 Å². The van der Waals surface area contributed by atoms with Crippen LogP contribution in [-0.4, -0.2) is 25.0 Å². The average molecular weight is 328 g/mol. The first kappa shape index (κ1) is 16.1. The van der Waals surface area contributed by atoms with Gasteiger partial charge in [-0.3, -0.25) is 9.59 Å². The molecule has 1 fully saturated rings. The summed E-state index contributed by atoms with van der Waals surface area (Å²) in [6.07, 6.45) is 0.0896. The number of anilines is 1. The first-order valence-corrected chi connectivity index (χ1v) is 7.57. The fourth-order valence-corrected chi connectivity index (χ4v) is 2.64. The van der Waals surface area contributed by atoms with Gasteiger partial charge in [0.15, 0.2) is 0 Å². The molecule has 0 radical (unpaired) electrons. The fraction of sp³-hybridized carbons (Fsp3) is 0.222. The molecule has 1 saturated heterocycles. The molecule has 2 amide bonds. The molecule has 2 aromatic rings. The molecule has 5 nitrogen and oxygen atoms in total. The maximum absolute atomic E-state index is 13.0. The van der Waals surface area contributed by atoms with Crippen LogP contribution in [0.1, 0.15) is 12.0 Å². The number of ether oxygens (including phenoxy) is 1. The van der Waals surface area contributed by atoms with E-state index >= 15 is 0 Å². The Morgan fingerprint density at radius 2 is 1.79 bits per heavy atom. The second kappa shape index (κ2) is 6.80. The van der Waals surface area contributed by atoms with E-state index in [4.69, 9.17) is 4.74 Å². The first-order valence-electron chi connectivity index (χ1n) is 7.57. The van der Waals surface area contributed by atoms with Crippen molar-refractivity contribution < 1.29 is 18.7 Å². The van der Waals surface area contributed by atoms with E-state index in [-0.39, 0.29) is 18.2 Å². The lowest BCUT2D eigenvalue weighted by molar-refractivity contribution is -0.121. The standard InChI is InChI=1S/C18H17FN2O3/c1-24-15-8-2-12(3-9-15)11-20-16-10-17(22)21(18(16)23)14-6-4-13(19)5-7-14/h2-9,16,20H,10-11H2,1H3/t16-/m1/s1. The van der Waals surface area contributed by atoms with Crippen molar-refractivity contribution in [2.45, 2.75) is 19.0 Å². The molecule has 2 aromatic carbocycles. The van der Waals surface area contributed by atoms with Crippen molar-refractivity contribution in [3.63, 3.8) is 0 Å². The quantitative estimate of drug-likeness (QED) is 0.856. The van der Waals surface area contributed by atoms with Gasteiger partial charge in [0.25, 0.3) is 5.91 Å². The van der Waals surface area contributed by atoms with Crippen LogP contribution in [0.25, 0.3) is 0 Å². The predicted octanol–water partition coefficient (Wildman–Crippen LogP) is 2.26. The van der Waals surface area contributed by atoms with Crippen LogP contribution in [0.5, 0.6) is 5.75 Å². The Morgan fingerprint density at radius 3 is 2.42 bits per heavy atom. The molecule has 1 aliphatic heterocycles. The molecule has 1 aliphatic rings. The highest BCUT2D eigenvalue weighted by molar-refractivity contribution is 6.22. The number of imide groups is 1. The number of carbonyl (C=O) groups excluding carboxylic acids is 2. The van der Waals surface area contributed by atoms with Crippen molar-refractivity contribution in [2.24, 2.45) is 0 Å². The number of carbonyl (C=O) groups is 2. The highest BCUT2D eigenvalue weighted by atomic mass is 19.1. The molecule has 24 heavy (non-hydrogen) atoms. The smallest absolute Gasteiger partial charge is 0.251 e. The van der Waals surface area contributed by atoms with Crippen LogP contribution in [0.2, 0.25) is 0 Å². The normalized spacial score (nSPS) is 17.4. The fourth-order valence-electron chi connectivity index (χ4n) is 2.64. The van der Waals surface area contributed by atoms with E-state index in [9.17, 15) is 14.0 Å². The Hall–Kier alpha value is -2.73. The Morgan fingerprint density at radius 1 is 1.12 bits per heavy atom. The molecule has 0 bridgehead atoms. The topological polar surface area (TPSA) is 58.6 Å². The first-order chi connectivity index (χ1) is 11.6. The summed E-state index contributed by atoms with van der Waals surface area (Å²) in [6.45, 7) is 0.463. The van der Waals surface area contributed by atoms with E-state index in [0.717, 1.165) is 16.2 Å². The molecule has 6 heteroatoms. The monoisotopic (exact) mass is 328 g/mol. The summed E-state index contributed by atoms with van der Waals surface area (Å²) < 4.78 is 18.1. The second-order valence-electron chi connectivity index (χ2n) is 5.53. The molecular weight excluding hydrogens is 311 g/mol. The largest absolute Gasteiger partial charge is 0.497 e. The number of hydrogen-bond acceptors (Lipinski definition) is 4. The van der Waals surface area contributed by atoms with E-state index in [0.29, 0.717) is 12.2 Å². The number of nitrogens with zero attached hydrogens (tertiary/aromatic N) is 1. The van der Waals surface area contributed by atoms with Gasteiger partial charge in [-0.25, -0.2) is 9.29 Å². The van der Waals surface area contributed by atoms with Crippen molar-refractivity contribution in [1.29, 1.82) is 0 Å². The lowest BCUT2D eigenvalue weighted by Crippen LogP contribution is -2.38. The second-order valence-corrected chi connectivity index (χ2v) is 5.53. The number of hydrogen-bond donors (Lipinski definition) is 1. The van der Waals surface area contributed by atoms with E-state index in [1.807, 2.05) is 24.3 Å². The van der Waals surface area contributed by atoms with E-state index in [1.54, 1.807) is 7.11 Å². The maximum atomic E-state index is 13.0. The zero-order valence-electron chi connectivity index (χ0n) is 13.2. The molecule has 0 aliphatic carbocycles. The number of nitrogens with one attached hydrogen (secondary N) is 1. The number of benzene rings is 2. The van der Waals surface area contributed by atoms with Gasteiger partial charge in [-0.1, -0.05) is 12.1 Å². The number of methoxy groups -OCH3 is 1. The summed E-state index contributed by atoms with van der Waals surface area (Å²) in [5.74, 6) is -0.264. The molecule has 0 saturated carbocycles. The van der Waals surface area contributed by atoms with E-state index in [1.165, 1.54) is 24.3 Å². The van der Waals surface area contributed by atoms with Crippen molar-refractivity contribution in [2.75, 3.05) is 12.0 Å². The summed E-state index contributed by atoms with van der Waals surface area (Å²) >= 11 is 0. The number of halogens is 1. The Bertz CT molecular complexity index is 744. The molecule has 124 valence electrons.